The van der Waals surface area contributed by atoms with E-state index in [-0.39, 0.29) is 13.0 Å². The first-order valence-electron chi connectivity index (χ1n) is 7.30. The maximum absolute atomic E-state index is 12.0. The Morgan fingerprint density at radius 3 is 2.39 bits per heavy atom. The zero-order valence-electron chi connectivity index (χ0n) is 13.9. The van der Waals surface area contributed by atoms with E-state index in [0.717, 1.165) is 11.1 Å². The van der Waals surface area contributed by atoms with Gasteiger partial charge in [-0.05, 0) is 33.3 Å². The second-order valence-corrected chi connectivity index (χ2v) is 6.15. The molecule has 0 bridgehead atoms. The molecule has 1 rings (SSSR count). The Hall–Kier alpha value is -2.55. The number of hydrogen-bond donors (Lipinski definition) is 1. The zero-order valence-corrected chi connectivity index (χ0v) is 13.9. The molecule has 0 aliphatic rings. The lowest BCUT2D eigenvalue weighted by atomic mass is 10.0. The summed E-state index contributed by atoms with van der Waals surface area (Å²) in [5.41, 5.74) is 1.29. The monoisotopic (exact) mass is 318 g/mol. The highest BCUT2D eigenvalue weighted by Crippen LogP contribution is 2.10. The average molecular weight is 318 g/mol. The molecule has 0 aliphatic carbocycles. The van der Waals surface area contributed by atoms with Gasteiger partial charge in [0.2, 0.25) is 0 Å². The van der Waals surface area contributed by atoms with Gasteiger partial charge in [-0.15, -0.1) is 0 Å². The maximum atomic E-state index is 12.0. The lowest BCUT2D eigenvalue weighted by molar-refractivity contribution is -0.144. The van der Waals surface area contributed by atoms with Gasteiger partial charge in [0.25, 0.3) is 0 Å². The van der Waals surface area contributed by atoms with E-state index in [2.05, 4.69) is 5.32 Å². The third-order valence-corrected chi connectivity index (χ3v) is 2.81. The van der Waals surface area contributed by atoms with Crippen LogP contribution in [-0.2, 0) is 20.7 Å². The highest BCUT2D eigenvalue weighted by molar-refractivity contribution is 5.81. The molecule has 1 atom stereocenters. The molecular weight excluding hydrogens is 296 g/mol. The fraction of sp³-hybridized carbons (Fsp3) is 0.471. The maximum Gasteiger partial charge on any atom is 0.408 e. The largest absolute Gasteiger partial charge is 0.449 e. The Morgan fingerprint density at radius 2 is 1.87 bits per heavy atom. The van der Waals surface area contributed by atoms with E-state index < -0.39 is 23.7 Å². The van der Waals surface area contributed by atoms with Crippen LogP contribution >= 0.6 is 0 Å². The summed E-state index contributed by atoms with van der Waals surface area (Å²) < 4.78 is 9.97. The van der Waals surface area contributed by atoms with Crippen LogP contribution in [0.15, 0.2) is 24.3 Å². The summed E-state index contributed by atoms with van der Waals surface area (Å²) >= 11 is 0. The van der Waals surface area contributed by atoms with Crippen LogP contribution in [0.1, 0.15) is 31.9 Å². The molecule has 0 saturated heterocycles. The molecule has 0 saturated carbocycles. The van der Waals surface area contributed by atoms with Crippen molar-refractivity contribution in [3.8, 4) is 6.07 Å². The average Bonchev–Trinajstić information content (AvgIpc) is 2.44. The third-order valence-electron chi connectivity index (χ3n) is 2.81. The van der Waals surface area contributed by atoms with Gasteiger partial charge in [0, 0.05) is 6.42 Å². The predicted molar refractivity (Wildman–Crippen MR) is 84.6 cm³/mol. The summed E-state index contributed by atoms with van der Waals surface area (Å²) in [6.45, 7) is 6.79. The summed E-state index contributed by atoms with van der Waals surface area (Å²) in [7, 11) is 0. The highest BCUT2D eigenvalue weighted by atomic mass is 16.6. The number of amides is 1. The number of nitrogens with zero attached hydrogens (tertiary/aromatic N) is 1. The fourth-order valence-corrected chi connectivity index (χ4v) is 1.81. The number of carbonyl (C=O) groups is 2. The molecule has 23 heavy (non-hydrogen) atoms. The molecule has 0 spiro atoms. The molecule has 0 aliphatic heterocycles. The van der Waals surface area contributed by atoms with Gasteiger partial charge in [0.1, 0.15) is 17.7 Å². The van der Waals surface area contributed by atoms with Crippen molar-refractivity contribution in [2.45, 2.75) is 45.8 Å². The van der Waals surface area contributed by atoms with Crippen LogP contribution in [0.5, 0.6) is 0 Å². The Morgan fingerprint density at radius 1 is 1.26 bits per heavy atom. The quantitative estimate of drug-likeness (QED) is 0.843. The van der Waals surface area contributed by atoms with Crippen LogP contribution in [0.25, 0.3) is 0 Å². The first-order chi connectivity index (χ1) is 10.7. The van der Waals surface area contributed by atoms with Gasteiger partial charge in [0.05, 0.1) is 0 Å². The Kier molecular flexibility index (Phi) is 6.58. The molecule has 0 heterocycles. The second kappa shape index (κ2) is 8.18. The summed E-state index contributed by atoms with van der Waals surface area (Å²) in [5.74, 6) is -0.669. The normalized spacial score (nSPS) is 12.0. The topological polar surface area (TPSA) is 88.4 Å². The summed E-state index contributed by atoms with van der Waals surface area (Å²) in [6, 6.07) is 8.39. The number of esters is 1. The fourth-order valence-electron chi connectivity index (χ4n) is 1.81. The van der Waals surface area contributed by atoms with Crippen molar-refractivity contribution in [3.63, 3.8) is 0 Å². The third kappa shape index (κ3) is 7.32. The number of hydrogen-bond acceptors (Lipinski definition) is 5. The standard InChI is InChI=1S/C17H22N2O4/c1-12-5-7-13(8-6-12)11-14(15(20)22-10-9-18)19-16(21)23-17(2,3)4/h5-8,14H,10-11H2,1-4H3,(H,19,21)/t14-/m0/s1. The van der Waals surface area contributed by atoms with Crippen molar-refractivity contribution < 1.29 is 19.1 Å². The van der Waals surface area contributed by atoms with Crippen LogP contribution in [-0.4, -0.2) is 30.3 Å². The molecule has 124 valence electrons. The first kappa shape index (κ1) is 18.5. The van der Waals surface area contributed by atoms with E-state index in [0.29, 0.717) is 0 Å². The van der Waals surface area contributed by atoms with E-state index in [1.165, 1.54) is 0 Å². The summed E-state index contributed by atoms with van der Waals surface area (Å²) in [4.78, 5) is 23.9. The number of carbonyl (C=O) groups excluding carboxylic acids is 2. The lowest BCUT2D eigenvalue weighted by Gasteiger charge is -2.22. The molecule has 1 N–H and O–H groups in total. The van der Waals surface area contributed by atoms with Gasteiger partial charge in [-0.25, -0.2) is 9.59 Å². The number of benzene rings is 1. The summed E-state index contributed by atoms with van der Waals surface area (Å²) in [5, 5.41) is 11.0. The Balaban J connectivity index is 2.80. The number of rotatable bonds is 5. The minimum absolute atomic E-state index is 0.254. The minimum Gasteiger partial charge on any atom is -0.449 e. The van der Waals surface area contributed by atoms with Gasteiger partial charge in [-0.2, -0.15) is 5.26 Å². The van der Waals surface area contributed by atoms with Gasteiger partial charge in [-0.3, -0.25) is 0 Å². The molecule has 6 heteroatoms. The molecular formula is C17H22N2O4. The van der Waals surface area contributed by atoms with E-state index >= 15 is 0 Å². The number of aryl methyl sites for hydroxylation is 1. The van der Waals surface area contributed by atoms with Gasteiger partial charge in [0.15, 0.2) is 6.61 Å². The number of nitriles is 1. The van der Waals surface area contributed by atoms with E-state index in [4.69, 9.17) is 14.7 Å². The van der Waals surface area contributed by atoms with Crippen molar-refractivity contribution >= 4 is 12.1 Å². The number of alkyl carbamates (subject to hydrolysis) is 1. The first-order valence-corrected chi connectivity index (χ1v) is 7.30. The van der Waals surface area contributed by atoms with Crippen LogP contribution in [0, 0.1) is 18.3 Å². The summed E-state index contributed by atoms with van der Waals surface area (Å²) in [6.07, 6.45) is -0.451. The lowest BCUT2D eigenvalue weighted by Crippen LogP contribution is -2.45. The van der Waals surface area contributed by atoms with Crippen molar-refractivity contribution in [1.82, 2.24) is 5.32 Å². The predicted octanol–water partition coefficient (Wildman–Crippen LogP) is 2.50. The Bertz CT molecular complexity index is 582. The van der Waals surface area contributed by atoms with Crippen molar-refractivity contribution in [2.24, 2.45) is 0 Å². The second-order valence-electron chi connectivity index (χ2n) is 6.15. The number of ether oxygens (including phenoxy) is 2. The molecule has 1 aromatic rings. The van der Waals surface area contributed by atoms with Crippen molar-refractivity contribution in [1.29, 1.82) is 5.26 Å². The van der Waals surface area contributed by atoms with E-state index in [1.54, 1.807) is 26.8 Å². The minimum atomic E-state index is -0.916. The van der Waals surface area contributed by atoms with Crippen LogP contribution in [0.3, 0.4) is 0 Å². The van der Waals surface area contributed by atoms with E-state index in [1.807, 2.05) is 31.2 Å². The van der Waals surface area contributed by atoms with Crippen molar-refractivity contribution in [3.05, 3.63) is 35.4 Å². The SMILES string of the molecule is Cc1ccc(C[C@H](NC(=O)OC(C)(C)C)C(=O)OCC#N)cc1. The molecule has 0 radical (unpaired) electrons. The molecule has 0 unspecified atom stereocenters. The van der Waals surface area contributed by atoms with Crippen LogP contribution in [0.2, 0.25) is 0 Å². The van der Waals surface area contributed by atoms with Gasteiger partial charge in [-0.1, -0.05) is 29.8 Å². The molecule has 1 amide bonds. The smallest absolute Gasteiger partial charge is 0.408 e. The molecule has 0 fully saturated rings. The zero-order chi connectivity index (χ0) is 17.5. The van der Waals surface area contributed by atoms with Crippen LogP contribution < -0.4 is 5.32 Å². The Labute approximate surface area is 136 Å². The van der Waals surface area contributed by atoms with Gasteiger partial charge < -0.3 is 14.8 Å². The molecule has 6 nitrogen and oxygen atoms in total. The van der Waals surface area contributed by atoms with Crippen LogP contribution in [0.4, 0.5) is 4.79 Å². The highest BCUT2D eigenvalue weighted by Gasteiger charge is 2.25. The van der Waals surface area contributed by atoms with Gasteiger partial charge >= 0.3 is 12.1 Å². The van der Waals surface area contributed by atoms with E-state index in [9.17, 15) is 9.59 Å². The number of nitrogens with one attached hydrogen (secondary N) is 1. The molecule has 0 aromatic heterocycles. The molecule has 1 aromatic carbocycles. The van der Waals surface area contributed by atoms with Crippen molar-refractivity contribution in [2.75, 3.05) is 6.61 Å².